The van der Waals surface area contributed by atoms with Gasteiger partial charge in [0.2, 0.25) is 0 Å². The highest BCUT2D eigenvalue weighted by Gasteiger charge is 2.34. The van der Waals surface area contributed by atoms with E-state index in [1.54, 1.807) is 12.1 Å². The van der Waals surface area contributed by atoms with Crippen LogP contribution in [-0.4, -0.2) is 36.3 Å². The standard InChI is InChI=1S/C15H22N2O4S/c1-2-3-6-11-22(20,21)17(19)15(18)14-13-8-5-4-7-12(13)9-10-16-14/h4-5,7-8,14,16,19H,2-3,6,9-11H2,1H3. The number of amides is 1. The molecular weight excluding hydrogens is 304 g/mol. The van der Waals surface area contributed by atoms with Crippen molar-refractivity contribution in [2.24, 2.45) is 0 Å². The number of hydroxylamine groups is 1. The summed E-state index contributed by atoms with van der Waals surface area (Å²) < 4.78 is 24.0. The third kappa shape index (κ3) is 3.66. The number of nitrogens with zero attached hydrogens (tertiary/aromatic N) is 1. The number of carbonyl (C=O) groups excluding carboxylic acids is 1. The Morgan fingerprint density at radius 2 is 2.09 bits per heavy atom. The Hall–Kier alpha value is -1.44. The largest absolute Gasteiger partial charge is 0.302 e. The molecule has 0 spiro atoms. The Morgan fingerprint density at radius 3 is 2.82 bits per heavy atom. The van der Waals surface area contributed by atoms with Crippen LogP contribution in [0.4, 0.5) is 0 Å². The Balaban J connectivity index is 2.15. The first-order valence-corrected chi connectivity index (χ1v) is 9.15. The maximum absolute atomic E-state index is 12.4. The first-order valence-electron chi connectivity index (χ1n) is 7.54. The van der Waals surface area contributed by atoms with E-state index < -0.39 is 22.0 Å². The van der Waals surface area contributed by atoms with Crippen molar-refractivity contribution in [2.45, 2.75) is 38.6 Å². The summed E-state index contributed by atoms with van der Waals surface area (Å²) in [5, 5.41) is 12.9. The Morgan fingerprint density at radius 1 is 1.36 bits per heavy atom. The van der Waals surface area contributed by atoms with E-state index >= 15 is 0 Å². The molecule has 2 rings (SSSR count). The summed E-state index contributed by atoms with van der Waals surface area (Å²) in [6, 6.07) is 6.54. The predicted molar refractivity (Wildman–Crippen MR) is 82.8 cm³/mol. The maximum Gasteiger partial charge on any atom is 0.282 e. The lowest BCUT2D eigenvalue weighted by Crippen LogP contribution is -2.45. The number of fused-ring (bicyclic) bond motifs is 1. The van der Waals surface area contributed by atoms with Gasteiger partial charge in [-0.3, -0.25) is 10.0 Å². The van der Waals surface area contributed by atoms with Gasteiger partial charge in [-0.15, -0.1) is 4.47 Å². The number of hydrogen-bond acceptors (Lipinski definition) is 5. The molecule has 0 saturated heterocycles. The van der Waals surface area contributed by atoms with Crippen LogP contribution in [0.25, 0.3) is 0 Å². The molecule has 122 valence electrons. The van der Waals surface area contributed by atoms with Crippen LogP contribution >= 0.6 is 0 Å². The van der Waals surface area contributed by atoms with Crippen molar-refractivity contribution in [2.75, 3.05) is 12.3 Å². The van der Waals surface area contributed by atoms with Gasteiger partial charge in [0.1, 0.15) is 6.04 Å². The summed E-state index contributed by atoms with van der Waals surface area (Å²) in [6.07, 6.45) is 2.81. The van der Waals surface area contributed by atoms with Gasteiger partial charge < -0.3 is 5.32 Å². The van der Waals surface area contributed by atoms with Gasteiger partial charge in [-0.05, 0) is 24.0 Å². The monoisotopic (exact) mass is 326 g/mol. The average molecular weight is 326 g/mol. The third-order valence-electron chi connectivity index (χ3n) is 3.81. The molecular formula is C15H22N2O4S. The van der Waals surface area contributed by atoms with Gasteiger partial charge in [0.15, 0.2) is 0 Å². The lowest BCUT2D eigenvalue weighted by molar-refractivity contribution is -0.148. The van der Waals surface area contributed by atoms with Crippen molar-refractivity contribution in [3.05, 3.63) is 35.4 Å². The van der Waals surface area contributed by atoms with Crippen LogP contribution in [-0.2, 0) is 21.2 Å². The fourth-order valence-corrected chi connectivity index (χ4v) is 3.71. The lowest BCUT2D eigenvalue weighted by Gasteiger charge is -2.28. The smallest absolute Gasteiger partial charge is 0.282 e. The van der Waals surface area contributed by atoms with Gasteiger partial charge in [0.05, 0.1) is 5.75 Å². The molecule has 1 unspecified atom stereocenters. The van der Waals surface area contributed by atoms with Gasteiger partial charge >= 0.3 is 0 Å². The molecule has 0 fully saturated rings. The third-order valence-corrected chi connectivity index (χ3v) is 5.33. The van der Waals surface area contributed by atoms with Gasteiger partial charge in [-0.2, -0.15) is 0 Å². The van der Waals surface area contributed by atoms with Crippen molar-refractivity contribution in [3.8, 4) is 0 Å². The van der Waals surface area contributed by atoms with Crippen LogP contribution in [0.2, 0.25) is 0 Å². The van der Waals surface area contributed by atoms with E-state index in [-0.39, 0.29) is 10.2 Å². The van der Waals surface area contributed by atoms with Crippen LogP contribution < -0.4 is 5.32 Å². The molecule has 0 aliphatic carbocycles. The van der Waals surface area contributed by atoms with Gasteiger partial charge in [0, 0.05) is 6.54 Å². The predicted octanol–water partition coefficient (Wildman–Crippen LogP) is 1.61. The van der Waals surface area contributed by atoms with E-state index in [0.717, 1.165) is 30.4 Å². The van der Waals surface area contributed by atoms with Gasteiger partial charge in [-0.1, -0.05) is 44.0 Å². The first-order chi connectivity index (χ1) is 10.5. The topological polar surface area (TPSA) is 86.7 Å². The summed E-state index contributed by atoms with van der Waals surface area (Å²) >= 11 is 0. The molecule has 1 aliphatic heterocycles. The SMILES string of the molecule is CCCCCS(=O)(=O)N(O)C(=O)C1NCCc2ccccc21. The average Bonchev–Trinajstić information content (AvgIpc) is 2.53. The van der Waals surface area contributed by atoms with Crippen LogP contribution in [0.5, 0.6) is 0 Å². The highest BCUT2D eigenvalue weighted by atomic mass is 32.2. The summed E-state index contributed by atoms with van der Waals surface area (Å²) in [4.78, 5) is 12.4. The minimum atomic E-state index is -3.98. The maximum atomic E-state index is 12.4. The van der Waals surface area contributed by atoms with E-state index in [1.165, 1.54) is 0 Å². The van der Waals surface area contributed by atoms with E-state index in [0.29, 0.717) is 13.0 Å². The van der Waals surface area contributed by atoms with Crippen LogP contribution in [0, 0.1) is 0 Å². The molecule has 0 radical (unpaired) electrons. The molecule has 1 aromatic carbocycles. The zero-order chi connectivity index (χ0) is 16.2. The highest BCUT2D eigenvalue weighted by Crippen LogP contribution is 2.25. The van der Waals surface area contributed by atoms with E-state index in [2.05, 4.69) is 5.32 Å². The van der Waals surface area contributed by atoms with Crippen LogP contribution in [0.1, 0.15) is 43.4 Å². The fourth-order valence-electron chi connectivity index (χ4n) is 2.59. The fraction of sp³-hybridized carbons (Fsp3) is 0.533. The molecule has 0 aromatic heterocycles. The van der Waals surface area contributed by atoms with Crippen molar-refractivity contribution in [1.29, 1.82) is 0 Å². The Kier molecular flexibility index (Phi) is 5.55. The van der Waals surface area contributed by atoms with E-state index in [1.807, 2.05) is 19.1 Å². The number of carbonyl (C=O) groups is 1. The van der Waals surface area contributed by atoms with E-state index in [4.69, 9.17) is 0 Å². The molecule has 22 heavy (non-hydrogen) atoms. The van der Waals surface area contributed by atoms with Crippen LogP contribution in [0.15, 0.2) is 24.3 Å². The van der Waals surface area contributed by atoms with Crippen molar-refractivity contribution < 1.29 is 18.4 Å². The summed E-state index contributed by atoms with van der Waals surface area (Å²) in [7, 11) is -3.98. The zero-order valence-electron chi connectivity index (χ0n) is 12.7. The second kappa shape index (κ2) is 7.21. The second-order valence-corrected chi connectivity index (χ2v) is 7.36. The minimum absolute atomic E-state index is 0.0809. The zero-order valence-corrected chi connectivity index (χ0v) is 13.5. The number of unbranched alkanes of at least 4 members (excludes halogenated alkanes) is 2. The van der Waals surface area contributed by atoms with E-state index in [9.17, 15) is 18.4 Å². The number of sulfonamides is 1. The van der Waals surface area contributed by atoms with Crippen molar-refractivity contribution in [3.63, 3.8) is 0 Å². The number of hydrogen-bond donors (Lipinski definition) is 2. The summed E-state index contributed by atoms with van der Waals surface area (Å²) in [6.45, 7) is 2.52. The normalized spacial score (nSPS) is 17.8. The molecule has 1 aromatic rings. The van der Waals surface area contributed by atoms with Gasteiger partial charge in [0.25, 0.3) is 15.9 Å². The summed E-state index contributed by atoms with van der Waals surface area (Å²) in [5.41, 5.74) is 1.72. The molecule has 7 heteroatoms. The molecule has 0 bridgehead atoms. The van der Waals surface area contributed by atoms with Crippen molar-refractivity contribution in [1.82, 2.24) is 9.79 Å². The Bertz CT molecular complexity index is 630. The quantitative estimate of drug-likeness (QED) is 0.471. The molecule has 1 aliphatic rings. The number of nitrogens with one attached hydrogen (secondary N) is 1. The van der Waals surface area contributed by atoms with Gasteiger partial charge in [-0.25, -0.2) is 8.42 Å². The second-order valence-electron chi connectivity index (χ2n) is 5.44. The molecule has 1 heterocycles. The highest BCUT2D eigenvalue weighted by molar-refractivity contribution is 7.89. The molecule has 1 amide bonds. The Labute approximate surface area is 131 Å². The number of benzene rings is 1. The molecule has 0 saturated carbocycles. The molecule has 1 atom stereocenters. The minimum Gasteiger partial charge on any atom is -0.302 e. The number of rotatable bonds is 6. The molecule has 6 nitrogen and oxygen atoms in total. The van der Waals surface area contributed by atoms with Crippen molar-refractivity contribution >= 4 is 15.9 Å². The first kappa shape index (κ1) is 16.9. The summed E-state index contributed by atoms with van der Waals surface area (Å²) in [5.74, 6) is -1.07. The lowest BCUT2D eigenvalue weighted by atomic mass is 9.94. The molecule has 2 N–H and O–H groups in total. The van der Waals surface area contributed by atoms with Crippen LogP contribution in [0.3, 0.4) is 0 Å².